The van der Waals surface area contributed by atoms with Crippen molar-refractivity contribution in [1.29, 1.82) is 0 Å². The third-order valence-corrected chi connectivity index (χ3v) is 3.20. The number of hydrogen-bond donors (Lipinski definition) is 2. The monoisotopic (exact) mass is 265 g/mol. The molecule has 0 saturated carbocycles. The van der Waals surface area contributed by atoms with Crippen LogP contribution < -0.4 is 5.32 Å². The summed E-state index contributed by atoms with van der Waals surface area (Å²) in [5, 5.41) is 11.8. The third-order valence-electron chi connectivity index (χ3n) is 3.20. The van der Waals surface area contributed by atoms with Gasteiger partial charge in [-0.25, -0.2) is 0 Å². The molecule has 0 bridgehead atoms. The lowest BCUT2D eigenvalue weighted by molar-refractivity contribution is -0.148. The zero-order valence-electron chi connectivity index (χ0n) is 10.5. The second-order valence-electron chi connectivity index (χ2n) is 4.65. The molecule has 2 atom stereocenters. The van der Waals surface area contributed by atoms with E-state index in [-0.39, 0.29) is 19.1 Å². The quantitative estimate of drug-likeness (QED) is 0.789. The van der Waals surface area contributed by atoms with Crippen LogP contribution in [0.15, 0.2) is 28.9 Å². The highest BCUT2D eigenvalue weighted by Gasteiger charge is 2.47. The number of rotatable bonds is 4. The largest absolute Gasteiger partial charge is 0.481 e. The number of carboxylic acid groups (broad SMARTS) is 1. The molecule has 6 nitrogen and oxygen atoms in total. The van der Waals surface area contributed by atoms with Gasteiger partial charge in [-0.3, -0.25) is 9.59 Å². The van der Waals surface area contributed by atoms with Crippen LogP contribution in [0.3, 0.4) is 0 Å². The molecule has 0 spiro atoms. The summed E-state index contributed by atoms with van der Waals surface area (Å²) in [7, 11) is 0. The maximum absolute atomic E-state index is 11.7. The Morgan fingerprint density at radius 3 is 3.00 bits per heavy atom. The van der Waals surface area contributed by atoms with Gasteiger partial charge in [-0.1, -0.05) is 0 Å². The lowest BCUT2D eigenvalue weighted by Crippen LogP contribution is -2.49. The first-order valence-corrected chi connectivity index (χ1v) is 5.85. The molecular formula is C13H15NO5. The van der Waals surface area contributed by atoms with Crippen LogP contribution in [0.2, 0.25) is 0 Å². The Balaban J connectivity index is 1.97. The molecule has 1 aliphatic rings. The van der Waals surface area contributed by atoms with Gasteiger partial charge < -0.3 is 19.6 Å². The number of furan rings is 1. The van der Waals surface area contributed by atoms with Crippen molar-refractivity contribution in [2.45, 2.75) is 13.0 Å². The summed E-state index contributed by atoms with van der Waals surface area (Å²) in [6.07, 6.45) is 4.33. The average molecular weight is 265 g/mol. The molecule has 102 valence electrons. The molecule has 2 N–H and O–H groups in total. The first-order chi connectivity index (χ1) is 9.02. The van der Waals surface area contributed by atoms with Crippen LogP contribution >= 0.6 is 0 Å². The maximum Gasteiger partial charge on any atom is 0.313 e. The van der Waals surface area contributed by atoms with Gasteiger partial charge in [0.15, 0.2) is 0 Å². The van der Waals surface area contributed by atoms with Crippen LogP contribution in [-0.2, 0) is 14.3 Å². The van der Waals surface area contributed by atoms with E-state index in [0.29, 0.717) is 5.76 Å². The van der Waals surface area contributed by atoms with Gasteiger partial charge in [0.2, 0.25) is 5.91 Å². The minimum Gasteiger partial charge on any atom is -0.481 e. The van der Waals surface area contributed by atoms with Crippen molar-refractivity contribution in [3.63, 3.8) is 0 Å². The fourth-order valence-corrected chi connectivity index (χ4v) is 1.85. The molecule has 0 aromatic carbocycles. The predicted molar refractivity (Wildman–Crippen MR) is 66.2 cm³/mol. The van der Waals surface area contributed by atoms with Crippen LogP contribution in [0.25, 0.3) is 6.08 Å². The minimum absolute atomic E-state index is 0.0924. The Morgan fingerprint density at radius 2 is 2.37 bits per heavy atom. The standard InChI is InChI=1S/C13H15NO5/c1-13(12(16)17)8-18-7-10(13)14-11(15)5-4-9-3-2-6-19-9/h2-6,10H,7-8H2,1H3,(H,14,15)(H,16,17). The number of nitrogens with one attached hydrogen (secondary N) is 1. The third kappa shape index (κ3) is 2.85. The zero-order valence-corrected chi connectivity index (χ0v) is 10.5. The number of carbonyl (C=O) groups excluding carboxylic acids is 1. The lowest BCUT2D eigenvalue weighted by atomic mass is 9.85. The molecular weight excluding hydrogens is 250 g/mol. The molecule has 2 unspecified atom stereocenters. The van der Waals surface area contributed by atoms with Gasteiger partial charge in [0.05, 0.1) is 25.5 Å². The van der Waals surface area contributed by atoms with Crippen molar-refractivity contribution in [2.24, 2.45) is 5.41 Å². The summed E-state index contributed by atoms with van der Waals surface area (Å²) in [6, 6.07) is 2.88. The van der Waals surface area contributed by atoms with E-state index >= 15 is 0 Å². The molecule has 0 aliphatic carbocycles. The predicted octanol–water partition coefficient (Wildman–Crippen LogP) is 0.899. The Morgan fingerprint density at radius 1 is 1.58 bits per heavy atom. The van der Waals surface area contributed by atoms with Crippen molar-refractivity contribution in [3.8, 4) is 0 Å². The van der Waals surface area contributed by atoms with E-state index in [4.69, 9.17) is 9.15 Å². The van der Waals surface area contributed by atoms with Gasteiger partial charge >= 0.3 is 5.97 Å². The van der Waals surface area contributed by atoms with E-state index in [0.717, 1.165) is 0 Å². The first-order valence-electron chi connectivity index (χ1n) is 5.85. The fourth-order valence-electron chi connectivity index (χ4n) is 1.85. The lowest BCUT2D eigenvalue weighted by Gasteiger charge is -2.24. The highest BCUT2D eigenvalue weighted by atomic mass is 16.5. The summed E-state index contributed by atoms with van der Waals surface area (Å²) < 4.78 is 10.2. The van der Waals surface area contributed by atoms with E-state index in [2.05, 4.69) is 5.32 Å². The molecule has 1 fully saturated rings. The summed E-state index contributed by atoms with van der Waals surface area (Å²) in [5.41, 5.74) is -1.09. The number of aliphatic carboxylic acids is 1. The molecule has 0 radical (unpaired) electrons. The topological polar surface area (TPSA) is 88.8 Å². The number of amides is 1. The van der Waals surface area contributed by atoms with Crippen molar-refractivity contribution in [2.75, 3.05) is 13.2 Å². The highest BCUT2D eigenvalue weighted by molar-refractivity contribution is 5.92. The van der Waals surface area contributed by atoms with Crippen LogP contribution in [0, 0.1) is 5.41 Å². The molecule has 1 amide bonds. The average Bonchev–Trinajstić information content (AvgIpc) is 2.98. The van der Waals surface area contributed by atoms with Crippen LogP contribution in [-0.4, -0.2) is 36.2 Å². The first kappa shape index (κ1) is 13.4. The van der Waals surface area contributed by atoms with Crippen molar-refractivity contribution >= 4 is 18.0 Å². The zero-order chi connectivity index (χ0) is 13.9. The Hall–Kier alpha value is -2.08. The molecule has 1 aromatic rings. The van der Waals surface area contributed by atoms with E-state index in [9.17, 15) is 14.7 Å². The summed E-state index contributed by atoms with van der Waals surface area (Å²) in [6.45, 7) is 1.85. The minimum atomic E-state index is -1.09. The normalized spacial score (nSPS) is 26.7. The van der Waals surface area contributed by atoms with E-state index in [1.165, 1.54) is 18.4 Å². The smallest absolute Gasteiger partial charge is 0.313 e. The Bertz CT molecular complexity index is 493. The van der Waals surface area contributed by atoms with Crippen molar-refractivity contribution < 1.29 is 23.8 Å². The van der Waals surface area contributed by atoms with Gasteiger partial charge in [-0.2, -0.15) is 0 Å². The summed E-state index contributed by atoms with van der Waals surface area (Å²) in [4.78, 5) is 22.9. The second-order valence-corrected chi connectivity index (χ2v) is 4.65. The molecule has 2 heterocycles. The molecule has 6 heteroatoms. The Labute approximate surface area is 110 Å². The number of hydrogen-bond acceptors (Lipinski definition) is 4. The van der Waals surface area contributed by atoms with Gasteiger partial charge in [0.1, 0.15) is 11.2 Å². The SMILES string of the molecule is CC1(C(=O)O)COCC1NC(=O)C=Cc1ccco1. The van der Waals surface area contributed by atoms with Gasteiger partial charge in [0.25, 0.3) is 0 Å². The Kier molecular flexibility index (Phi) is 3.71. The molecule has 19 heavy (non-hydrogen) atoms. The summed E-state index contributed by atoms with van der Waals surface area (Å²) in [5.74, 6) is -0.802. The number of ether oxygens (including phenoxy) is 1. The van der Waals surface area contributed by atoms with E-state index in [1.54, 1.807) is 19.1 Å². The van der Waals surface area contributed by atoms with Gasteiger partial charge in [-0.05, 0) is 25.1 Å². The molecule has 1 aliphatic heterocycles. The van der Waals surface area contributed by atoms with Crippen LogP contribution in [0.4, 0.5) is 0 Å². The summed E-state index contributed by atoms with van der Waals surface area (Å²) >= 11 is 0. The van der Waals surface area contributed by atoms with Crippen LogP contribution in [0.5, 0.6) is 0 Å². The van der Waals surface area contributed by atoms with Crippen molar-refractivity contribution in [1.82, 2.24) is 5.32 Å². The number of carbonyl (C=O) groups is 2. The highest BCUT2D eigenvalue weighted by Crippen LogP contribution is 2.28. The van der Waals surface area contributed by atoms with Gasteiger partial charge in [0, 0.05) is 6.08 Å². The maximum atomic E-state index is 11.7. The molecule has 1 aromatic heterocycles. The second kappa shape index (κ2) is 5.27. The van der Waals surface area contributed by atoms with E-state index < -0.39 is 17.4 Å². The van der Waals surface area contributed by atoms with Gasteiger partial charge in [-0.15, -0.1) is 0 Å². The molecule has 1 saturated heterocycles. The fraction of sp³-hybridized carbons (Fsp3) is 0.385. The molecule has 2 rings (SSSR count). The van der Waals surface area contributed by atoms with Crippen LogP contribution in [0.1, 0.15) is 12.7 Å². The number of carboxylic acids is 1. The van der Waals surface area contributed by atoms with Crippen molar-refractivity contribution in [3.05, 3.63) is 30.2 Å². The van der Waals surface area contributed by atoms with E-state index in [1.807, 2.05) is 0 Å².